The fraction of sp³-hybridized carbons (Fsp3) is 0.261. The molecule has 1 N–H and O–H groups in total. The Bertz CT molecular complexity index is 1360. The van der Waals surface area contributed by atoms with Crippen LogP contribution in [0.1, 0.15) is 40.5 Å². The average molecular weight is 483 g/mol. The van der Waals surface area contributed by atoms with Crippen LogP contribution in [0.4, 0.5) is 0 Å². The van der Waals surface area contributed by atoms with Crippen LogP contribution in [0.3, 0.4) is 0 Å². The third kappa shape index (κ3) is 4.24. The highest BCUT2D eigenvalue weighted by Gasteiger charge is 2.28. The zero-order chi connectivity index (χ0) is 22.9. The van der Waals surface area contributed by atoms with Crippen LogP contribution in [-0.2, 0) is 6.54 Å². The Morgan fingerprint density at radius 1 is 1.09 bits per heavy atom. The number of rotatable bonds is 4. The van der Waals surface area contributed by atoms with Gasteiger partial charge in [0, 0.05) is 40.2 Å². The van der Waals surface area contributed by atoms with E-state index in [1.54, 1.807) is 18.2 Å². The maximum absolute atomic E-state index is 12.9. The topological polar surface area (TPSA) is 96.8 Å². The van der Waals surface area contributed by atoms with Crippen molar-refractivity contribution in [3.8, 4) is 0 Å². The first-order valence-electron chi connectivity index (χ1n) is 10.6. The molecule has 10 heteroatoms. The first-order valence-corrected chi connectivity index (χ1v) is 11.4. The van der Waals surface area contributed by atoms with E-state index in [9.17, 15) is 9.59 Å². The number of likely N-dealkylation sites (tertiary alicyclic amines) is 1. The van der Waals surface area contributed by atoms with Gasteiger partial charge in [0.15, 0.2) is 11.2 Å². The van der Waals surface area contributed by atoms with Crippen LogP contribution >= 0.6 is 23.2 Å². The van der Waals surface area contributed by atoms with Crippen LogP contribution in [0.15, 0.2) is 53.3 Å². The number of carbonyl (C=O) groups excluding carboxylic acids is 1. The van der Waals surface area contributed by atoms with Crippen molar-refractivity contribution in [2.24, 2.45) is 0 Å². The minimum absolute atomic E-state index is 0.0243. The van der Waals surface area contributed by atoms with Gasteiger partial charge in [0.25, 0.3) is 11.5 Å². The van der Waals surface area contributed by atoms with Crippen LogP contribution in [0.2, 0.25) is 10.0 Å². The lowest BCUT2D eigenvalue weighted by molar-refractivity contribution is 0.0704. The Labute approximate surface area is 199 Å². The number of hydrogen-bond acceptors (Lipinski definition) is 5. The van der Waals surface area contributed by atoms with E-state index < -0.39 is 0 Å². The molecule has 0 unspecified atom stereocenters. The van der Waals surface area contributed by atoms with Crippen molar-refractivity contribution in [2.75, 3.05) is 13.1 Å². The largest absolute Gasteiger partial charge is 0.338 e. The van der Waals surface area contributed by atoms with Crippen LogP contribution < -0.4 is 5.56 Å². The van der Waals surface area contributed by atoms with Gasteiger partial charge in [-0.05, 0) is 37.1 Å². The van der Waals surface area contributed by atoms with E-state index in [-0.39, 0.29) is 29.4 Å². The fourth-order valence-electron chi connectivity index (χ4n) is 4.16. The summed E-state index contributed by atoms with van der Waals surface area (Å²) in [6.07, 6.45) is 1.63. The van der Waals surface area contributed by atoms with Crippen molar-refractivity contribution in [1.29, 1.82) is 0 Å². The molecule has 0 bridgehead atoms. The summed E-state index contributed by atoms with van der Waals surface area (Å²) in [4.78, 5) is 35.0. The number of H-pyrrole nitrogens is 1. The number of halogens is 2. The molecule has 8 nitrogen and oxygen atoms in total. The lowest BCUT2D eigenvalue weighted by Gasteiger charge is -2.32. The maximum Gasteiger partial charge on any atom is 0.281 e. The second-order valence-corrected chi connectivity index (χ2v) is 8.84. The molecule has 1 fully saturated rings. The highest BCUT2D eigenvalue weighted by Crippen LogP contribution is 2.27. The number of piperidine rings is 1. The number of benzene rings is 2. The van der Waals surface area contributed by atoms with Crippen molar-refractivity contribution < 1.29 is 4.79 Å². The molecule has 0 radical (unpaired) electrons. The Hall–Kier alpha value is -3.23. The van der Waals surface area contributed by atoms with E-state index >= 15 is 0 Å². The quantitative estimate of drug-likeness (QED) is 0.475. The molecule has 5 rings (SSSR count). The van der Waals surface area contributed by atoms with Crippen LogP contribution in [0, 0.1) is 0 Å². The van der Waals surface area contributed by atoms with Crippen molar-refractivity contribution in [2.45, 2.75) is 25.3 Å². The molecule has 0 aliphatic carbocycles. The normalized spacial score (nSPS) is 16.3. The van der Waals surface area contributed by atoms with Crippen LogP contribution in [-0.4, -0.2) is 48.9 Å². The van der Waals surface area contributed by atoms with E-state index in [1.807, 2.05) is 35.2 Å². The van der Waals surface area contributed by atoms with Gasteiger partial charge in [0.05, 0.1) is 6.54 Å². The molecule has 1 amide bonds. The number of hydrogen-bond donors (Lipinski definition) is 1. The summed E-state index contributed by atoms with van der Waals surface area (Å²) >= 11 is 12.6. The molecule has 2 aromatic carbocycles. The second-order valence-electron chi connectivity index (χ2n) is 8.03. The summed E-state index contributed by atoms with van der Waals surface area (Å²) in [5.41, 5.74) is 1.46. The van der Waals surface area contributed by atoms with E-state index in [0.29, 0.717) is 45.7 Å². The molecule has 168 valence electrons. The summed E-state index contributed by atoms with van der Waals surface area (Å²) < 4.78 is 1.52. The van der Waals surface area contributed by atoms with Gasteiger partial charge in [-0.15, -0.1) is 5.10 Å². The predicted molar refractivity (Wildman–Crippen MR) is 126 cm³/mol. The van der Waals surface area contributed by atoms with Gasteiger partial charge < -0.3 is 9.88 Å². The van der Waals surface area contributed by atoms with E-state index in [0.717, 1.165) is 12.8 Å². The molecular formula is C23H20Cl2N6O2. The molecule has 1 atom stereocenters. The van der Waals surface area contributed by atoms with E-state index in [1.165, 1.54) is 4.68 Å². The number of aromatic amines is 1. The number of aromatic nitrogens is 5. The Balaban J connectivity index is 1.46. The fourth-order valence-corrected chi connectivity index (χ4v) is 4.68. The number of nitrogens with one attached hydrogen (secondary N) is 1. The summed E-state index contributed by atoms with van der Waals surface area (Å²) in [5.74, 6) is 0.395. The molecule has 1 saturated heterocycles. The Morgan fingerprint density at radius 3 is 2.61 bits per heavy atom. The van der Waals surface area contributed by atoms with Crippen molar-refractivity contribution in [3.05, 3.63) is 85.9 Å². The maximum atomic E-state index is 12.9. The van der Waals surface area contributed by atoms with Gasteiger partial charge in [-0.1, -0.05) is 52.7 Å². The lowest BCUT2D eigenvalue weighted by Crippen LogP contribution is -2.39. The van der Waals surface area contributed by atoms with Crippen LogP contribution in [0.5, 0.6) is 0 Å². The molecule has 33 heavy (non-hydrogen) atoms. The Morgan fingerprint density at radius 2 is 1.85 bits per heavy atom. The molecule has 1 aliphatic rings. The highest BCUT2D eigenvalue weighted by molar-refractivity contribution is 6.36. The average Bonchev–Trinajstić information content (AvgIpc) is 3.25. The first-order chi connectivity index (χ1) is 16.0. The highest BCUT2D eigenvalue weighted by atomic mass is 35.5. The van der Waals surface area contributed by atoms with E-state index in [2.05, 4.69) is 15.3 Å². The van der Waals surface area contributed by atoms with Gasteiger partial charge in [0.1, 0.15) is 5.82 Å². The van der Waals surface area contributed by atoms with E-state index in [4.69, 9.17) is 28.2 Å². The zero-order valence-electron chi connectivity index (χ0n) is 17.5. The Kier molecular flexibility index (Phi) is 5.86. The van der Waals surface area contributed by atoms with Gasteiger partial charge in [-0.3, -0.25) is 9.59 Å². The summed E-state index contributed by atoms with van der Waals surface area (Å²) in [6.45, 7) is 1.37. The molecule has 0 saturated carbocycles. The molecular weight excluding hydrogens is 463 g/mol. The predicted octanol–water partition coefficient (Wildman–Crippen LogP) is 3.89. The summed E-state index contributed by atoms with van der Waals surface area (Å²) in [6, 6.07) is 14.4. The van der Waals surface area contributed by atoms with Gasteiger partial charge in [-0.25, -0.2) is 9.67 Å². The standard InChI is InChI=1S/C23H20Cl2N6O2/c24-17-9-4-10-18(25)16(17)13-31-21-19(28-29-31)22(32)27-20(26-21)15-8-5-11-30(12-15)23(33)14-6-2-1-3-7-14/h1-4,6-7,9-10,15H,5,8,11-13H2,(H,26,27,32)/t15-/m1/s1. The SMILES string of the molecule is O=C(c1ccccc1)N1CCC[C@@H](c2nc3c(nnn3Cc3c(Cl)cccc3Cl)c(=O)[nH]2)C1. The minimum atomic E-state index is -0.363. The van der Waals surface area contributed by atoms with Crippen molar-refractivity contribution in [1.82, 2.24) is 29.9 Å². The number of carbonyl (C=O) groups is 1. The van der Waals surface area contributed by atoms with Crippen LogP contribution in [0.25, 0.3) is 11.2 Å². The number of fused-ring (bicyclic) bond motifs is 1. The lowest BCUT2D eigenvalue weighted by atomic mass is 9.96. The summed E-state index contributed by atoms with van der Waals surface area (Å²) in [5, 5.41) is 9.10. The smallest absolute Gasteiger partial charge is 0.281 e. The molecule has 4 aromatic rings. The summed E-state index contributed by atoms with van der Waals surface area (Å²) in [7, 11) is 0. The minimum Gasteiger partial charge on any atom is -0.338 e. The van der Waals surface area contributed by atoms with Crippen molar-refractivity contribution in [3.63, 3.8) is 0 Å². The third-order valence-electron chi connectivity index (χ3n) is 5.88. The van der Waals surface area contributed by atoms with Gasteiger partial charge in [0.2, 0.25) is 0 Å². The molecule has 0 spiro atoms. The number of amides is 1. The monoisotopic (exact) mass is 482 g/mol. The van der Waals surface area contributed by atoms with Gasteiger partial charge in [-0.2, -0.15) is 0 Å². The third-order valence-corrected chi connectivity index (χ3v) is 6.59. The molecule has 3 heterocycles. The molecule has 1 aliphatic heterocycles. The zero-order valence-corrected chi connectivity index (χ0v) is 19.1. The van der Waals surface area contributed by atoms with Crippen molar-refractivity contribution >= 4 is 40.3 Å². The van der Waals surface area contributed by atoms with Gasteiger partial charge >= 0.3 is 0 Å². The first kappa shape index (κ1) is 21.6. The molecule has 2 aromatic heterocycles. The number of nitrogens with zero attached hydrogens (tertiary/aromatic N) is 5. The second kappa shape index (κ2) is 8.96.